The molecule has 0 unspecified atom stereocenters. The van der Waals surface area contributed by atoms with E-state index in [-0.39, 0.29) is 16.6 Å². The van der Waals surface area contributed by atoms with Crippen LogP contribution < -0.4 is 10.6 Å². The molecule has 2 N–H and O–H groups in total. The number of carbonyl (C=O) groups is 1. The highest BCUT2D eigenvalue weighted by Crippen LogP contribution is 2.23. The van der Waals surface area contributed by atoms with Gasteiger partial charge in [-0.1, -0.05) is 0 Å². The van der Waals surface area contributed by atoms with E-state index in [2.05, 4.69) is 15.6 Å². The number of nitrogens with one attached hydrogen (secondary N) is 2. The minimum absolute atomic E-state index is 0.114. The number of nitrogens with zero attached hydrogens (tertiary/aromatic N) is 3. The lowest BCUT2D eigenvalue weighted by atomic mass is 10.1. The predicted molar refractivity (Wildman–Crippen MR) is 79.2 cm³/mol. The highest BCUT2D eigenvalue weighted by atomic mass is 16.6. The second-order valence-corrected chi connectivity index (χ2v) is 4.92. The molecule has 1 rings (SSSR count). The molecule has 0 fully saturated rings. The molecule has 21 heavy (non-hydrogen) atoms. The van der Waals surface area contributed by atoms with Crippen molar-refractivity contribution in [2.75, 3.05) is 27.2 Å². The summed E-state index contributed by atoms with van der Waals surface area (Å²) in [6, 6.07) is -0.155. The van der Waals surface area contributed by atoms with Crippen LogP contribution in [0.15, 0.2) is 6.20 Å². The van der Waals surface area contributed by atoms with E-state index < -0.39 is 0 Å². The lowest BCUT2D eigenvalue weighted by Gasteiger charge is -2.12. The van der Waals surface area contributed by atoms with Gasteiger partial charge in [-0.05, 0) is 13.8 Å². The summed E-state index contributed by atoms with van der Waals surface area (Å²) in [5.41, 5.74) is 1.89. The fourth-order valence-electron chi connectivity index (χ4n) is 1.85. The van der Waals surface area contributed by atoms with Gasteiger partial charge in [-0.25, -0.2) is 4.79 Å². The largest absolute Gasteiger partial charge is 0.337 e. The molecule has 0 saturated carbocycles. The summed E-state index contributed by atoms with van der Waals surface area (Å²) in [6.07, 6.45) is 1.51. The number of hydrogen-bond donors (Lipinski definition) is 2. The Balaban J connectivity index is 2.52. The van der Waals surface area contributed by atoms with Crippen molar-refractivity contribution in [2.24, 2.45) is 0 Å². The molecule has 0 aliphatic carbocycles. The van der Waals surface area contributed by atoms with Crippen molar-refractivity contribution in [2.45, 2.75) is 20.4 Å². The van der Waals surface area contributed by atoms with Crippen LogP contribution in [0.2, 0.25) is 0 Å². The van der Waals surface area contributed by atoms with Gasteiger partial charge in [0.05, 0.1) is 10.6 Å². The van der Waals surface area contributed by atoms with Gasteiger partial charge in [0, 0.05) is 51.1 Å². The number of urea groups is 1. The molecule has 0 bridgehead atoms. The Kier molecular flexibility index (Phi) is 6.04. The maximum absolute atomic E-state index is 11.3. The summed E-state index contributed by atoms with van der Waals surface area (Å²) in [5, 5.41) is 16.8. The van der Waals surface area contributed by atoms with Crippen LogP contribution in [0.3, 0.4) is 0 Å². The zero-order valence-corrected chi connectivity index (χ0v) is 12.8. The van der Waals surface area contributed by atoms with E-state index in [1.165, 1.54) is 11.1 Å². The average Bonchev–Trinajstić information content (AvgIpc) is 2.39. The first-order valence-corrected chi connectivity index (χ1v) is 6.60. The number of amides is 2. The molecule has 0 spiro atoms. The van der Waals surface area contributed by atoms with Crippen molar-refractivity contribution >= 4 is 11.7 Å². The Bertz CT molecular complexity index is 531. The van der Waals surface area contributed by atoms with Crippen molar-refractivity contribution in [1.29, 1.82) is 0 Å². The van der Waals surface area contributed by atoms with E-state index in [9.17, 15) is 14.9 Å². The molecule has 0 aromatic carbocycles. The molecule has 8 nitrogen and oxygen atoms in total. The Labute approximate surface area is 123 Å². The molecule has 0 saturated heterocycles. The average molecular weight is 295 g/mol. The molecule has 2 amide bonds. The van der Waals surface area contributed by atoms with Crippen LogP contribution >= 0.6 is 0 Å². The van der Waals surface area contributed by atoms with Gasteiger partial charge in [-0.3, -0.25) is 15.1 Å². The zero-order chi connectivity index (χ0) is 16.0. The molecule has 8 heteroatoms. The summed E-state index contributed by atoms with van der Waals surface area (Å²) >= 11 is 0. The van der Waals surface area contributed by atoms with Gasteiger partial charge >= 0.3 is 6.03 Å². The SMILES string of the molecule is Cc1cnc(CNCCNC(=O)N(C)C)c(C)c1[N+](=O)[O-]. The van der Waals surface area contributed by atoms with Crippen LogP contribution in [-0.2, 0) is 6.54 Å². The van der Waals surface area contributed by atoms with Gasteiger partial charge in [0.25, 0.3) is 5.69 Å². The number of carbonyl (C=O) groups excluding carboxylic acids is 1. The molecular formula is C13H21N5O3. The highest BCUT2D eigenvalue weighted by Gasteiger charge is 2.18. The maximum atomic E-state index is 11.3. The first kappa shape index (κ1) is 16.8. The van der Waals surface area contributed by atoms with E-state index in [1.54, 1.807) is 27.9 Å². The molecule has 0 atom stereocenters. The van der Waals surface area contributed by atoms with Gasteiger partial charge < -0.3 is 15.5 Å². The third-order valence-corrected chi connectivity index (χ3v) is 3.03. The second-order valence-electron chi connectivity index (χ2n) is 4.92. The van der Waals surface area contributed by atoms with Crippen molar-refractivity contribution in [1.82, 2.24) is 20.5 Å². The fraction of sp³-hybridized carbons (Fsp3) is 0.538. The summed E-state index contributed by atoms with van der Waals surface area (Å²) in [4.78, 5) is 27.6. The number of nitro groups is 1. The minimum Gasteiger partial charge on any atom is -0.337 e. The Hall–Kier alpha value is -2.22. The smallest absolute Gasteiger partial charge is 0.316 e. The van der Waals surface area contributed by atoms with Crippen molar-refractivity contribution in [3.63, 3.8) is 0 Å². The van der Waals surface area contributed by atoms with Crippen LogP contribution in [0.4, 0.5) is 10.5 Å². The molecule has 116 valence electrons. The Morgan fingerprint density at radius 1 is 1.38 bits per heavy atom. The molecule has 0 radical (unpaired) electrons. The quantitative estimate of drug-likeness (QED) is 0.462. The van der Waals surface area contributed by atoms with Crippen molar-refractivity contribution in [3.05, 3.63) is 33.1 Å². The third-order valence-electron chi connectivity index (χ3n) is 3.03. The van der Waals surface area contributed by atoms with Crippen molar-refractivity contribution in [3.8, 4) is 0 Å². The monoisotopic (exact) mass is 295 g/mol. The maximum Gasteiger partial charge on any atom is 0.316 e. The van der Waals surface area contributed by atoms with Crippen LogP contribution in [-0.4, -0.2) is 48.0 Å². The van der Waals surface area contributed by atoms with E-state index in [1.807, 2.05) is 0 Å². The fourth-order valence-corrected chi connectivity index (χ4v) is 1.85. The molecule has 1 heterocycles. The molecular weight excluding hydrogens is 274 g/mol. The third kappa shape index (κ3) is 4.67. The number of rotatable bonds is 6. The van der Waals surface area contributed by atoms with Crippen LogP contribution in [0, 0.1) is 24.0 Å². The second kappa shape index (κ2) is 7.53. The predicted octanol–water partition coefficient (Wildman–Crippen LogP) is 0.967. The Morgan fingerprint density at radius 2 is 2.05 bits per heavy atom. The zero-order valence-electron chi connectivity index (χ0n) is 12.8. The molecule has 0 aliphatic rings. The lowest BCUT2D eigenvalue weighted by Crippen LogP contribution is -2.38. The summed E-state index contributed by atoms with van der Waals surface area (Å²) in [7, 11) is 3.34. The number of pyridine rings is 1. The van der Waals surface area contributed by atoms with Crippen molar-refractivity contribution < 1.29 is 9.72 Å². The van der Waals surface area contributed by atoms with Gasteiger partial charge in [0.15, 0.2) is 0 Å². The normalized spacial score (nSPS) is 10.3. The highest BCUT2D eigenvalue weighted by molar-refractivity contribution is 5.73. The van der Waals surface area contributed by atoms with Crippen LogP contribution in [0.5, 0.6) is 0 Å². The van der Waals surface area contributed by atoms with Gasteiger partial charge in [0.2, 0.25) is 0 Å². The van der Waals surface area contributed by atoms with E-state index in [4.69, 9.17) is 0 Å². The van der Waals surface area contributed by atoms with E-state index >= 15 is 0 Å². The molecule has 0 aliphatic heterocycles. The minimum atomic E-state index is -0.382. The number of aryl methyl sites for hydroxylation is 1. The van der Waals surface area contributed by atoms with Gasteiger partial charge in [-0.15, -0.1) is 0 Å². The number of aromatic nitrogens is 1. The van der Waals surface area contributed by atoms with Crippen LogP contribution in [0.25, 0.3) is 0 Å². The van der Waals surface area contributed by atoms with Crippen LogP contribution in [0.1, 0.15) is 16.8 Å². The van der Waals surface area contributed by atoms with Gasteiger partial charge in [-0.2, -0.15) is 0 Å². The summed E-state index contributed by atoms with van der Waals surface area (Å²) in [6.45, 7) is 4.83. The lowest BCUT2D eigenvalue weighted by molar-refractivity contribution is -0.386. The first-order chi connectivity index (χ1) is 9.84. The summed E-state index contributed by atoms with van der Waals surface area (Å²) in [5.74, 6) is 0. The molecule has 1 aromatic heterocycles. The van der Waals surface area contributed by atoms with E-state index in [0.29, 0.717) is 36.5 Å². The molecule has 1 aromatic rings. The number of hydrogen-bond acceptors (Lipinski definition) is 5. The van der Waals surface area contributed by atoms with E-state index in [0.717, 1.165) is 0 Å². The topological polar surface area (TPSA) is 100 Å². The van der Waals surface area contributed by atoms with Gasteiger partial charge in [0.1, 0.15) is 0 Å². The first-order valence-electron chi connectivity index (χ1n) is 6.60. The summed E-state index contributed by atoms with van der Waals surface area (Å²) < 4.78 is 0. The standard InChI is InChI=1S/C13H21N5O3/c1-9-7-16-11(10(2)12(9)18(20)21)8-14-5-6-15-13(19)17(3)4/h7,14H,5-6,8H2,1-4H3,(H,15,19). The Morgan fingerprint density at radius 3 is 2.62 bits per heavy atom.